The second kappa shape index (κ2) is 8.27. The average molecular weight is 244 g/mol. The van der Waals surface area contributed by atoms with E-state index in [0.717, 1.165) is 19.3 Å². The van der Waals surface area contributed by atoms with Gasteiger partial charge in [-0.15, -0.1) is 0 Å². The number of aliphatic imine (C=N–C) groups is 1. The minimum absolute atomic E-state index is 0.257. The van der Waals surface area contributed by atoms with E-state index in [1.165, 1.54) is 6.42 Å². The van der Waals surface area contributed by atoms with Crippen LogP contribution in [0.4, 0.5) is 0 Å². The van der Waals surface area contributed by atoms with Gasteiger partial charge in [0.05, 0.1) is 12.1 Å². The van der Waals surface area contributed by atoms with E-state index in [1.807, 2.05) is 0 Å². The predicted octanol–water partition coefficient (Wildman–Crippen LogP) is -0.000700. The fraction of sp³-hybridized carbons (Fsp3) is 0.909. The normalized spacial score (nSPS) is 25.0. The van der Waals surface area contributed by atoms with Gasteiger partial charge in [-0.25, -0.2) is 5.84 Å². The van der Waals surface area contributed by atoms with Crippen LogP contribution >= 0.6 is 0 Å². The van der Waals surface area contributed by atoms with Crippen molar-refractivity contribution in [1.29, 1.82) is 0 Å². The van der Waals surface area contributed by atoms with E-state index in [9.17, 15) is 0 Å². The first-order valence-electron chi connectivity index (χ1n) is 6.11. The van der Waals surface area contributed by atoms with Gasteiger partial charge in [-0.2, -0.15) is 0 Å². The van der Waals surface area contributed by atoms with Crippen LogP contribution in [-0.2, 0) is 9.47 Å². The molecule has 0 saturated heterocycles. The standard InChI is InChI=1S/C11H24N4O2/c1-16-8-4-7-13-11(15-12)14-9-5-3-6-10(9)17-2/h9-10H,3-8,12H2,1-2H3,(H2,13,14,15). The summed E-state index contributed by atoms with van der Waals surface area (Å²) in [5, 5.41) is 3.29. The van der Waals surface area contributed by atoms with E-state index in [4.69, 9.17) is 15.3 Å². The van der Waals surface area contributed by atoms with E-state index in [0.29, 0.717) is 25.2 Å². The van der Waals surface area contributed by atoms with Crippen molar-refractivity contribution in [3.63, 3.8) is 0 Å². The fourth-order valence-electron chi connectivity index (χ4n) is 2.08. The molecule has 1 fully saturated rings. The Hall–Kier alpha value is -0.850. The van der Waals surface area contributed by atoms with E-state index >= 15 is 0 Å². The summed E-state index contributed by atoms with van der Waals surface area (Å²) in [6.45, 7) is 1.41. The number of guanidine groups is 1. The number of nitrogens with one attached hydrogen (secondary N) is 2. The molecule has 0 aromatic carbocycles. The molecular weight excluding hydrogens is 220 g/mol. The van der Waals surface area contributed by atoms with Gasteiger partial charge in [0, 0.05) is 27.4 Å². The van der Waals surface area contributed by atoms with Crippen molar-refractivity contribution >= 4 is 5.96 Å². The molecule has 0 spiro atoms. The zero-order valence-corrected chi connectivity index (χ0v) is 10.7. The molecule has 0 radical (unpaired) electrons. The molecule has 0 aliphatic heterocycles. The first-order chi connectivity index (χ1) is 8.31. The maximum atomic E-state index is 5.44. The molecule has 100 valence electrons. The van der Waals surface area contributed by atoms with Gasteiger partial charge in [-0.1, -0.05) is 0 Å². The smallest absolute Gasteiger partial charge is 0.206 e. The lowest BCUT2D eigenvalue weighted by Gasteiger charge is -2.21. The summed E-state index contributed by atoms with van der Waals surface area (Å²) < 4.78 is 10.4. The number of methoxy groups -OCH3 is 2. The largest absolute Gasteiger partial charge is 0.385 e. The van der Waals surface area contributed by atoms with Crippen LogP contribution in [-0.4, -0.2) is 45.5 Å². The van der Waals surface area contributed by atoms with Gasteiger partial charge in [0.15, 0.2) is 0 Å². The number of hydrogen-bond donors (Lipinski definition) is 3. The molecule has 1 rings (SSSR count). The molecule has 0 aromatic rings. The molecule has 6 heteroatoms. The number of ether oxygens (including phenoxy) is 2. The summed E-state index contributed by atoms with van der Waals surface area (Å²) in [4.78, 5) is 4.35. The Balaban J connectivity index is 2.34. The van der Waals surface area contributed by atoms with E-state index in [-0.39, 0.29) is 6.10 Å². The average Bonchev–Trinajstić information content (AvgIpc) is 2.80. The lowest BCUT2D eigenvalue weighted by Crippen LogP contribution is -2.49. The zero-order chi connectivity index (χ0) is 12.5. The van der Waals surface area contributed by atoms with Crippen molar-refractivity contribution in [3.8, 4) is 0 Å². The maximum Gasteiger partial charge on any atom is 0.206 e. The first-order valence-corrected chi connectivity index (χ1v) is 6.11. The van der Waals surface area contributed by atoms with Crippen LogP contribution < -0.4 is 16.6 Å². The van der Waals surface area contributed by atoms with E-state index < -0.39 is 0 Å². The predicted molar refractivity (Wildman–Crippen MR) is 67.7 cm³/mol. The molecule has 17 heavy (non-hydrogen) atoms. The highest BCUT2D eigenvalue weighted by molar-refractivity contribution is 5.79. The van der Waals surface area contributed by atoms with Gasteiger partial charge in [0.2, 0.25) is 5.96 Å². The summed E-state index contributed by atoms with van der Waals surface area (Å²) in [6.07, 6.45) is 4.51. The van der Waals surface area contributed by atoms with Crippen molar-refractivity contribution in [2.45, 2.75) is 37.8 Å². The molecule has 1 saturated carbocycles. The van der Waals surface area contributed by atoms with E-state index in [2.05, 4.69) is 15.7 Å². The number of hydrazine groups is 1. The summed E-state index contributed by atoms with van der Waals surface area (Å²) in [6, 6.07) is 0.303. The number of nitrogens with two attached hydrogens (primary N) is 1. The molecule has 1 aliphatic rings. The third-order valence-corrected chi connectivity index (χ3v) is 2.99. The van der Waals surface area contributed by atoms with Crippen LogP contribution in [0.25, 0.3) is 0 Å². The highest BCUT2D eigenvalue weighted by atomic mass is 16.5. The Morgan fingerprint density at radius 1 is 1.41 bits per heavy atom. The van der Waals surface area contributed by atoms with Gasteiger partial charge >= 0.3 is 0 Å². The lowest BCUT2D eigenvalue weighted by atomic mass is 10.2. The van der Waals surface area contributed by atoms with Crippen molar-refractivity contribution < 1.29 is 9.47 Å². The number of rotatable bonds is 6. The Morgan fingerprint density at radius 3 is 2.88 bits per heavy atom. The first kappa shape index (κ1) is 14.2. The van der Waals surface area contributed by atoms with Crippen molar-refractivity contribution in [2.24, 2.45) is 10.8 Å². The highest BCUT2D eigenvalue weighted by Crippen LogP contribution is 2.21. The minimum Gasteiger partial charge on any atom is -0.385 e. The molecular formula is C11H24N4O2. The van der Waals surface area contributed by atoms with Crippen LogP contribution in [0.15, 0.2) is 4.99 Å². The third kappa shape index (κ3) is 4.89. The quantitative estimate of drug-likeness (QED) is 0.201. The monoisotopic (exact) mass is 244 g/mol. The third-order valence-electron chi connectivity index (χ3n) is 2.99. The molecule has 2 atom stereocenters. The lowest BCUT2D eigenvalue weighted by molar-refractivity contribution is 0.0904. The molecule has 6 nitrogen and oxygen atoms in total. The second-order valence-electron chi connectivity index (χ2n) is 4.18. The Labute approximate surface area is 103 Å². The summed E-state index contributed by atoms with van der Waals surface area (Å²) in [5.41, 5.74) is 2.59. The number of hydrogen-bond acceptors (Lipinski definition) is 4. The highest BCUT2D eigenvalue weighted by Gasteiger charge is 2.27. The van der Waals surface area contributed by atoms with E-state index in [1.54, 1.807) is 14.2 Å². The molecule has 0 heterocycles. The molecule has 2 unspecified atom stereocenters. The molecule has 4 N–H and O–H groups in total. The van der Waals surface area contributed by atoms with Gasteiger partial charge < -0.3 is 14.8 Å². The van der Waals surface area contributed by atoms with Crippen LogP contribution in [0.5, 0.6) is 0 Å². The van der Waals surface area contributed by atoms with Crippen LogP contribution in [0.1, 0.15) is 25.7 Å². The van der Waals surface area contributed by atoms with Crippen LogP contribution in [0, 0.1) is 0 Å². The molecule has 1 aliphatic carbocycles. The maximum absolute atomic E-state index is 5.44. The van der Waals surface area contributed by atoms with Gasteiger partial charge in [0.1, 0.15) is 0 Å². The molecule has 0 aromatic heterocycles. The Morgan fingerprint density at radius 2 is 2.24 bits per heavy atom. The fourth-order valence-corrected chi connectivity index (χ4v) is 2.08. The van der Waals surface area contributed by atoms with Crippen molar-refractivity contribution in [2.75, 3.05) is 27.4 Å². The minimum atomic E-state index is 0.257. The summed E-state index contributed by atoms with van der Waals surface area (Å²) in [7, 11) is 3.43. The molecule has 0 amide bonds. The second-order valence-corrected chi connectivity index (χ2v) is 4.18. The topological polar surface area (TPSA) is 80.9 Å². The zero-order valence-electron chi connectivity index (χ0n) is 10.7. The van der Waals surface area contributed by atoms with Crippen molar-refractivity contribution in [1.82, 2.24) is 10.7 Å². The summed E-state index contributed by atoms with van der Waals surface area (Å²) >= 11 is 0. The Kier molecular flexibility index (Phi) is 6.91. The van der Waals surface area contributed by atoms with Crippen LogP contribution in [0.2, 0.25) is 0 Å². The van der Waals surface area contributed by atoms with Gasteiger partial charge in [-0.05, 0) is 25.7 Å². The van der Waals surface area contributed by atoms with Crippen LogP contribution in [0.3, 0.4) is 0 Å². The van der Waals surface area contributed by atoms with Crippen molar-refractivity contribution in [3.05, 3.63) is 0 Å². The summed E-state index contributed by atoms with van der Waals surface area (Å²) in [5.74, 6) is 6.07. The Bertz CT molecular complexity index is 236. The van der Waals surface area contributed by atoms with Gasteiger partial charge in [-0.3, -0.25) is 10.4 Å². The number of nitrogens with zero attached hydrogens (tertiary/aromatic N) is 1. The van der Waals surface area contributed by atoms with Gasteiger partial charge in [0.25, 0.3) is 0 Å². The molecule has 0 bridgehead atoms. The SMILES string of the molecule is COCCCN=C(NN)NC1CCCC1OC.